The monoisotopic (exact) mass is 531 g/mol. The Labute approximate surface area is 221 Å². The van der Waals surface area contributed by atoms with Gasteiger partial charge in [-0.2, -0.15) is 0 Å². The molecule has 0 saturated carbocycles. The fourth-order valence-electron chi connectivity index (χ4n) is 4.76. The maximum Gasteiger partial charge on any atom is 0.338 e. The van der Waals surface area contributed by atoms with E-state index >= 15 is 0 Å². The molecule has 1 amide bonds. The van der Waals surface area contributed by atoms with Crippen LogP contribution in [0.4, 0.5) is 0 Å². The Bertz CT molecular complexity index is 1580. The summed E-state index contributed by atoms with van der Waals surface area (Å²) in [5.41, 5.74) is 4.74. The molecule has 1 unspecified atom stereocenters. The highest BCUT2D eigenvalue weighted by Gasteiger charge is 2.29. The van der Waals surface area contributed by atoms with Gasteiger partial charge in [0.25, 0.3) is 5.91 Å². The topological polar surface area (TPSA) is 107 Å². The first-order chi connectivity index (χ1) is 18.3. The Morgan fingerprint density at radius 3 is 2.45 bits per heavy atom. The van der Waals surface area contributed by atoms with Gasteiger partial charge in [0.2, 0.25) is 0 Å². The van der Waals surface area contributed by atoms with Crippen LogP contribution in [0.3, 0.4) is 0 Å². The number of hydrogen-bond acceptors (Lipinski definition) is 6. The first-order valence-electron chi connectivity index (χ1n) is 12.6. The molecule has 0 spiro atoms. The molecule has 9 heteroatoms. The molecule has 1 N–H and O–H groups in total. The predicted molar refractivity (Wildman–Crippen MR) is 146 cm³/mol. The average molecular weight is 532 g/mol. The molecule has 8 nitrogen and oxygen atoms in total. The van der Waals surface area contributed by atoms with Crippen molar-refractivity contribution in [3.63, 3.8) is 0 Å². The van der Waals surface area contributed by atoms with Gasteiger partial charge in [0.1, 0.15) is 0 Å². The van der Waals surface area contributed by atoms with E-state index in [4.69, 9.17) is 4.74 Å². The van der Waals surface area contributed by atoms with Crippen LogP contribution in [0, 0.1) is 5.92 Å². The summed E-state index contributed by atoms with van der Waals surface area (Å²) in [6.45, 7) is 2.63. The lowest BCUT2D eigenvalue weighted by Gasteiger charge is -2.13. The smallest absolute Gasteiger partial charge is 0.338 e. The minimum Gasteiger partial charge on any atom is -0.462 e. The van der Waals surface area contributed by atoms with E-state index < -0.39 is 15.8 Å². The third-order valence-corrected chi connectivity index (χ3v) is 8.58. The molecular weight excluding hydrogens is 502 g/mol. The zero-order valence-corrected chi connectivity index (χ0v) is 21.9. The summed E-state index contributed by atoms with van der Waals surface area (Å²) in [6, 6.07) is 23.2. The molecule has 1 aliphatic rings. The summed E-state index contributed by atoms with van der Waals surface area (Å²) in [6.07, 6.45) is 0.537. The second-order valence-electron chi connectivity index (χ2n) is 9.49. The molecule has 1 aliphatic heterocycles. The van der Waals surface area contributed by atoms with Crippen LogP contribution < -0.4 is 5.32 Å². The van der Waals surface area contributed by atoms with E-state index in [1.807, 2.05) is 54.6 Å². The van der Waals surface area contributed by atoms with Crippen LogP contribution in [0.15, 0.2) is 72.8 Å². The molecular formula is C29H29N3O5S. The lowest BCUT2D eigenvalue weighted by atomic mass is 10.0. The number of ether oxygens (including phenoxy) is 1. The van der Waals surface area contributed by atoms with Gasteiger partial charge < -0.3 is 14.6 Å². The van der Waals surface area contributed by atoms with Crippen LogP contribution >= 0.6 is 0 Å². The second kappa shape index (κ2) is 10.8. The maximum absolute atomic E-state index is 13.3. The maximum atomic E-state index is 13.3. The molecule has 1 saturated heterocycles. The number of carbonyl (C=O) groups excluding carboxylic acids is 2. The highest BCUT2D eigenvalue weighted by Crippen LogP contribution is 2.24. The van der Waals surface area contributed by atoms with Gasteiger partial charge in [-0.3, -0.25) is 4.79 Å². The zero-order chi connectivity index (χ0) is 26.7. The lowest BCUT2D eigenvalue weighted by Crippen LogP contribution is -2.32. The van der Waals surface area contributed by atoms with Crippen LogP contribution in [0.5, 0.6) is 0 Å². The summed E-state index contributed by atoms with van der Waals surface area (Å²) < 4.78 is 30.6. The second-order valence-corrected chi connectivity index (χ2v) is 11.7. The number of fused-ring (bicyclic) bond motifs is 1. The summed E-state index contributed by atoms with van der Waals surface area (Å²) in [5.74, 6) is -0.495. The van der Waals surface area contributed by atoms with Crippen molar-refractivity contribution in [1.29, 1.82) is 0 Å². The van der Waals surface area contributed by atoms with E-state index in [1.54, 1.807) is 29.7 Å². The fourth-order valence-corrected chi connectivity index (χ4v) is 6.62. The number of aromatic nitrogens is 2. The van der Waals surface area contributed by atoms with Crippen molar-refractivity contribution >= 4 is 32.7 Å². The van der Waals surface area contributed by atoms with Gasteiger partial charge in [-0.05, 0) is 54.2 Å². The fraction of sp³-hybridized carbons (Fsp3) is 0.276. The van der Waals surface area contributed by atoms with Crippen LogP contribution in [0.2, 0.25) is 0 Å². The summed E-state index contributed by atoms with van der Waals surface area (Å²) in [7, 11) is -3.03. The predicted octanol–water partition coefficient (Wildman–Crippen LogP) is 4.09. The number of benzene rings is 3. The molecule has 1 fully saturated rings. The Morgan fingerprint density at radius 2 is 1.76 bits per heavy atom. The molecule has 3 aromatic carbocycles. The van der Waals surface area contributed by atoms with E-state index in [2.05, 4.69) is 10.3 Å². The van der Waals surface area contributed by atoms with Crippen LogP contribution in [-0.4, -0.2) is 54.5 Å². The van der Waals surface area contributed by atoms with Crippen molar-refractivity contribution < 1.29 is 22.7 Å². The summed E-state index contributed by atoms with van der Waals surface area (Å²) >= 11 is 0. The number of rotatable bonds is 8. The third kappa shape index (κ3) is 5.62. The molecule has 4 aromatic rings. The molecule has 5 rings (SSSR count). The van der Waals surface area contributed by atoms with Crippen molar-refractivity contribution in [2.75, 3.05) is 24.7 Å². The number of sulfone groups is 1. The van der Waals surface area contributed by atoms with E-state index in [0.717, 1.165) is 16.7 Å². The quantitative estimate of drug-likeness (QED) is 0.343. The highest BCUT2D eigenvalue weighted by atomic mass is 32.2. The molecule has 0 bridgehead atoms. The first-order valence-corrected chi connectivity index (χ1v) is 14.5. The van der Waals surface area contributed by atoms with Crippen molar-refractivity contribution in [3.05, 3.63) is 89.7 Å². The minimum atomic E-state index is -3.03. The van der Waals surface area contributed by atoms with Gasteiger partial charge in [0, 0.05) is 13.1 Å². The Hall–Kier alpha value is -3.98. The SMILES string of the molecule is CCOC(=O)c1ccc2nc(C(=O)NCC3CCS(=O)(=O)C3)n(Cc3ccc(-c4ccccc4)cc3)c2c1. The normalized spacial score (nSPS) is 16.4. The molecule has 1 atom stereocenters. The number of esters is 1. The van der Waals surface area contributed by atoms with Crippen molar-refractivity contribution in [1.82, 2.24) is 14.9 Å². The van der Waals surface area contributed by atoms with Gasteiger partial charge in [0.05, 0.1) is 34.7 Å². The number of hydrogen-bond donors (Lipinski definition) is 1. The van der Waals surface area contributed by atoms with Crippen LogP contribution in [-0.2, 0) is 21.1 Å². The molecule has 1 aromatic heterocycles. The summed E-state index contributed by atoms with van der Waals surface area (Å²) in [4.78, 5) is 30.2. The minimum absolute atomic E-state index is 0.0837. The van der Waals surface area contributed by atoms with Crippen molar-refractivity contribution in [2.45, 2.75) is 19.9 Å². The zero-order valence-electron chi connectivity index (χ0n) is 21.1. The number of amides is 1. The standard InChI is InChI=1S/C29H29N3O5S/c1-2-37-29(34)24-12-13-25-26(16-24)32(18-20-8-10-23(11-9-20)22-6-4-3-5-7-22)27(31-25)28(33)30-17-21-14-15-38(35,36)19-21/h3-13,16,21H,2,14-15,17-19H2,1H3,(H,30,33). The van der Waals surface area contributed by atoms with Gasteiger partial charge in [-0.15, -0.1) is 0 Å². The van der Waals surface area contributed by atoms with E-state index in [0.29, 0.717) is 29.6 Å². The number of nitrogens with zero attached hydrogens (tertiary/aromatic N) is 2. The molecule has 196 valence electrons. The highest BCUT2D eigenvalue weighted by molar-refractivity contribution is 7.91. The van der Waals surface area contributed by atoms with Gasteiger partial charge in [-0.25, -0.2) is 18.2 Å². The van der Waals surface area contributed by atoms with E-state index in [-0.39, 0.29) is 42.3 Å². The number of nitrogens with one attached hydrogen (secondary N) is 1. The third-order valence-electron chi connectivity index (χ3n) is 6.74. The van der Waals surface area contributed by atoms with Crippen molar-refractivity contribution in [3.8, 4) is 11.1 Å². The number of carbonyl (C=O) groups is 2. The summed E-state index contributed by atoms with van der Waals surface area (Å²) in [5, 5.41) is 2.88. The van der Waals surface area contributed by atoms with Gasteiger partial charge >= 0.3 is 5.97 Å². The molecule has 0 aliphatic carbocycles. The van der Waals surface area contributed by atoms with Crippen LogP contribution in [0.1, 0.15) is 39.9 Å². The molecule has 2 heterocycles. The lowest BCUT2D eigenvalue weighted by molar-refractivity contribution is 0.0526. The van der Waals surface area contributed by atoms with E-state index in [9.17, 15) is 18.0 Å². The Balaban J connectivity index is 1.46. The van der Waals surface area contributed by atoms with E-state index in [1.165, 1.54) is 0 Å². The van der Waals surface area contributed by atoms with Crippen molar-refractivity contribution in [2.24, 2.45) is 5.92 Å². The van der Waals surface area contributed by atoms with Gasteiger partial charge in [-0.1, -0.05) is 54.6 Å². The molecule has 38 heavy (non-hydrogen) atoms. The van der Waals surface area contributed by atoms with Crippen LogP contribution in [0.25, 0.3) is 22.2 Å². The average Bonchev–Trinajstić information content (AvgIpc) is 3.47. The largest absolute Gasteiger partial charge is 0.462 e. The Morgan fingerprint density at radius 1 is 1.03 bits per heavy atom. The molecule has 0 radical (unpaired) electrons. The van der Waals surface area contributed by atoms with Gasteiger partial charge in [0.15, 0.2) is 15.7 Å². The first kappa shape index (κ1) is 25.7. The number of imidazole rings is 1. The Kier molecular flexibility index (Phi) is 7.28.